The Balaban J connectivity index is 1.13. The Hall–Kier alpha value is -4.87. The number of aromatic nitrogens is 2. The van der Waals surface area contributed by atoms with Crippen LogP contribution in [-0.2, 0) is 38.8 Å². The van der Waals surface area contributed by atoms with Crippen molar-refractivity contribution >= 4 is 22.8 Å². The van der Waals surface area contributed by atoms with Crippen molar-refractivity contribution in [3.8, 4) is 11.1 Å². The Morgan fingerprint density at radius 3 is 2.33 bits per heavy atom. The maximum absolute atomic E-state index is 12.3. The van der Waals surface area contributed by atoms with Crippen LogP contribution in [0.5, 0.6) is 0 Å². The van der Waals surface area contributed by atoms with E-state index in [2.05, 4.69) is 39.1 Å². The summed E-state index contributed by atoms with van der Waals surface area (Å²) < 4.78 is 15.3. The summed E-state index contributed by atoms with van der Waals surface area (Å²) in [5, 5.41) is 21.1. The van der Waals surface area contributed by atoms with E-state index in [9.17, 15) is 14.7 Å². The molecule has 48 heavy (non-hydrogen) atoms. The fraction of sp³-hybridized carbons (Fsp3) is 0.289. The average molecular weight is 649 g/mol. The zero-order valence-corrected chi connectivity index (χ0v) is 26.6. The Bertz CT molecular complexity index is 1820. The van der Waals surface area contributed by atoms with E-state index in [0.29, 0.717) is 38.8 Å². The number of hydrogen-bond acceptors (Lipinski definition) is 7. The highest BCUT2D eigenvalue weighted by Crippen LogP contribution is 2.39. The van der Waals surface area contributed by atoms with Crippen LogP contribution < -0.4 is 10.8 Å². The molecule has 2 amide bonds. The van der Waals surface area contributed by atoms with Crippen molar-refractivity contribution in [1.29, 1.82) is 0 Å². The van der Waals surface area contributed by atoms with E-state index in [1.807, 2.05) is 79.1 Å². The predicted molar refractivity (Wildman–Crippen MR) is 180 cm³/mol. The fourth-order valence-electron chi connectivity index (χ4n) is 6.02. The molecule has 0 unspecified atom stereocenters. The summed E-state index contributed by atoms with van der Waals surface area (Å²) in [7, 11) is 0. The first-order chi connectivity index (χ1) is 23.5. The third kappa shape index (κ3) is 8.34. The van der Waals surface area contributed by atoms with Crippen LogP contribution in [0.1, 0.15) is 66.8 Å². The molecule has 5 aromatic rings. The molecule has 1 fully saturated rings. The number of carbonyl (C=O) groups is 2. The maximum atomic E-state index is 12.3. The first-order valence-corrected chi connectivity index (χ1v) is 16.3. The normalized spacial score (nSPS) is 17.7. The molecule has 1 aliphatic rings. The van der Waals surface area contributed by atoms with Gasteiger partial charge in [0.15, 0.2) is 6.29 Å². The van der Waals surface area contributed by atoms with Crippen LogP contribution in [0, 0.1) is 0 Å². The molecule has 4 aromatic carbocycles. The number of para-hydroxylation sites is 2. The van der Waals surface area contributed by atoms with Gasteiger partial charge >= 0.3 is 0 Å². The summed E-state index contributed by atoms with van der Waals surface area (Å²) in [6.45, 7) is 1.03. The molecule has 3 atom stereocenters. The van der Waals surface area contributed by atoms with E-state index >= 15 is 0 Å². The van der Waals surface area contributed by atoms with Gasteiger partial charge in [-0.05, 0) is 58.9 Å². The first kappa shape index (κ1) is 33.0. The molecular formula is C38H40N4O6. The molecule has 6 rings (SSSR count). The number of aliphatic hydroxyl groups is 1. The van der Waals surface area contributed by atoms with E-state index in [-0.39, 0.29) is 31.1 Å². The third-order valence-electron chi connectivity index (χ3n) is 8.66. The largest absolute Gasteiger partial charge is 0.392 e. The summed E-state index contributed by atoms with van der Waals surface area (Å²) in [4.78, 5) is 28.0. The van der Waals surface area contributed by atoms with Crippen LogP contribution in [-0.4, -0.2) is 37.8 Å². The summed E-state index contributed by atoms with van der Waals surface area (Å²) in [5.41, 5.74) is 9.45. The number of nitrogens with one attached hydrogen (secondary N) is 2. The van der Waals surface area contributed by atoms with Gasteiger partial charge in [-0.2, -0.15) is 0 Å². The summed E-state index contributed by atoms with van der Waals surface area (Å²) >= 11 is 0. The second-order valence-corrected chi connectivity index (χ2v) is 12.1. The molecule has 1 aromatic heterocycles. The topological polar surface area (TPSA) is 135 Å². The SMILES string of the molecule is O=C(CCCCC(=O)NCc1cccc(-c2ccc([C@H]3O[C@@H](Cn4cnc5ccccc54)C[C@@H](c4ccc(CO)cc4)O3)cc2)c1)NO. The number of nitrogens with zero attached hydrogens (tertiary/aromatic N) is 2. The number of aliphatic hydroxyl groups excluding tert-OH is 1. The number of unbranched alkanes of at least 4 members (excludes halogenated alkanes) is 1. The molecule has 0 bridgehead atoms. The number of hydroxylamine groups is 1. The molecular weight excluding hydrogens is 608 g/mol. The molecule has 2 heterocycles. The van der Waals surface area contributed by atoms with Crippen LogP contribution in [0.4, 0.5) is 0 Å². The van der Waals surface area contributed by atoms with E-state index in [4.69, 9.17) is 14.7 Å². The highest BCUT2D eigenvalue weighted by molar-refractivity contribution is 5.77. The highest BCUT2D eigenvalue weighted by Gasteiger charge is 2.32. The zero-order valence-electron chi connectivity index (χ0n) is 26.6. The second kappa shape index (κ2) is 15.8. The van der Waals surface area contributed by atoms with Crippen molar-refractivity contribution in [3.63, 3.8) is 0 Å². The Labute approximate surface area is 279 Å². The van der Waals surface area contributed by atoms with Gasteiger partial charge in [-0.1, -0.05) is 78.9 Å². The maximum Gasteiger partial charge on any atom is 0.243 e. The minimum absolute atomic E-state index is 0.00713. The minimum Gasteiger partial charge on any atom is -0.392 e. The van der Waals surface area contributed by atoms with Crippen molar-refractivity contribution < 1.29 is 29.4 Å². The Morgan fingerprint density at radius 1 is 0.812 bits per heavy atom. The molecule has 0 aliphatic carbocycles. The Kier molecular flexibility index (Phi) is 10.9. The highest BCUT2D eigenvalue weighted by atomic mass is 16.7. The van der Waals surface area contributed by atoms with Gasteiger partial charge in [0.2, 0.25) is 11.8 Å². The summed E-state index contributed by atoms with van der Waals surface area (Å²) in [5.74, 6) is -0.527. The lowest BCUT2D eigenvalue weighted by Gasteiger charge is -2.36. The van der Waals surface area contributed by atoms with Crippen LogP contribution in [0.2, 0.25) is 0 Å². The van der Waals surface area contributed by atoms with Crippen molar-refractivity contribution in [2.24, 2.45) is 0 Å². The predicted octanol–water partition coefficient (Wildman–Crippen LogP) is 6.12. The monoisotopic (exact) mass is 648 g/mol. The molecule has 248 valence electrons. The number of ether oxygens (including phenoxy) is 2. The van der Waals surface area contributed by atoms with E-state index in [1.165, 1.54) is 0 Å². The first-order valence-electron chi connectivity index (χ1n) is 16.3. The standard InChI is InChI=1S/C38H40N4O6/c43-24-26-12-14-29(15-13-26)35-21-32(23-42-25-40-33-8-1-2-9-34(33)42)47-38(48-35)30-18-16-28(17-19-30)31-7-5-6-27(20-31)22-39-36(44)10-3-4-11-37(45)41-46/h1-2,5-9,12-20,25,32,35,38,43,46H,3-4,10-11,21-24H2,(H,39,44)(H,41,45)/t32-,35+,38+/m1/s1. The van der Waals surface area contributed by atoms with Crippen LogP contribution >= 0.6 is 0 Å². The van der Waals surface area contributed by atoms with Gasteiger partial charge < -0.3 is 24.5 Å². The quantitative estimate of drug-likeness (QED) is 0.0686. The number of amides is 2. The van der Waals surface area contributed by atoms with Gasteiger partial charge in [0.1, 0.15) is 0 Å². The van der Waals surface area contributed by atoms with Crippen LogP contribution in [0.25, 0.3) is 22.2 Å². The molecule has 10 nitrogen and oxygen atoms in total. The molecule has 1 aliphatic heterocycles. The number of rotatable bonds is 13. The molecule has 0 saturated carbocycles. The summed E-state index contributed by atoms with van der Waals surface area (Å²) in [6.07, 6.45) is 3.24. The molecule has 4 N–H and O–H groups in total. The average Bonchev–Trinajstić information content (AvgIpc) is 3.55. The van der Waals surface area contributed by atoms with E-state index in [1.54, 1.807) is 5.48 Å². The van der Waals surface area contributed by atoms with E-state index < -0.39 is 12.2 Å². The number of carbonyl (C=O) groups excluding carboxylic acids is 2. The third-order valence-corrected chi connectivity index (χ3v) is 8.66. The molecule has 1 saturated heterocycles. The lowest BCUT2D eigenvalue weighted by Crippen LogP contribution is -2.32. The lowest BCUT2D eigenvalue weighted by molar-refractivity contribution is -0.252. The molecule has 0 spiro atoms. The van der Waals surface area contributed by atoms with Gasteiger partial charge in [-0.3, -0.25) is 14.8 Å². The fourth-order valence-corrected chi connectivity index (χ4v) is 6.02. The zero-order chi connectivity index (χ0) is 33.3. The smallest absolute Gasteiger partial charge is 0.243 e. The second-order valence-electron chi connectivity index (χ2n) is 12.1. The van der Waals surface area contributed by atoms with Crippen molar-refractivity contribution in [2.45, 2.75) is 70.3 Å². The van der Waals surface area contributed by atoms with Crippen molar-refractivity contribution in [3.05, 3.63) is 126 Å². The van der Waals surface area contributed by atoms with Gasteiger partial charge in [0.25, 0.3) is 0 Å². The number of benzene rings is 4. The van der Waals surface area contributed by atoms with Gasteiger partial charge in [0.05, 0.1) is 42.7 Å². The van der Waals surface area contributed by atoms with Crippen LogP contribution in [0.15, 0.2) is 103 Å². The van der Waals surface area contributed by atoms with Gasteiger partial charge in [0, 0.05) is 31.4 Å². The summed E-state index contributed by atoms with van der Waals surface area (Å²) in [6, 6.07) is 32.2. The van der Waals surface area contributed by atoms with Gasteiger partial charge in [-0.15, -0.1) is 0 Å². The minimum atomic E-state index is -0.574. The van der Waals surface area contributed by atoms with E-state index in [0.717, 1.165) is 44.4 Å². The van der Waals surface area contributed by atoms with Crippen LogP contribution in [0.3, 0.4) is 0 Å². The van der Waals surface area contributed by atoms with Crippen molar-refractivity contribution in [2.75, 3.05) is 0 Å². The lowest BCUT2D eigenvalue weighted by atomic mass is 9.99. The number of fused-ring (bicyclic) bond motifs is 1. The number of imidazole rings is 1. The molecule has 0 radical (unpaired) electrons. The van der Waals surface area contributed by atoms with Gasteiger partial charge in [-0.25, -0.2) is 10.5 Å². The van der Waals surface area contributed by atoms with Crippen molar-refractivity contribution in [1.82, 2.24) is 20.3 Å². The Morgan fingerprint density at radius 2 is 1.56 bits per heavy atom. The molecule has 10 heteroatoms. The number of hydrogen-bond donors (Lipinski definition) is 4.